The number of fused-ring (bicyclic) bond motifs is 1. The summed E-state index contributed by atoms with van der Waals surface area (Å²) in [5.41, 5.74) is 2.05. The molecule has 3 aromatic carbocycles. The smallest absolute Gasteiger partial charge is 0.119 e. The minimum atomic E-state index is 0.800. The van der Waals surface area contributed by atoms with E-state index in [-0.39, 0.29) is 0 Å². The van der Waals surface area contributed by atoms with E-state index in [0.29, 0.717) is 0 Å². The van der Waals surface area contributed by atoms with Gasteiger partial charge in [-0.15, -0.1) is 0 Å². The number of ether oxygens (including phenoxy) is 1. The summed E-state index contributed by atoms with van der Waals surface area (Å²) in [6, 6.07) is 22.8. The minimum Gasteiger partial charge on any atom is -0.494 e. The normalized spacial score (nSPS) is 11.3. The molecule has 0 heterocycles. The number of rotatable bonds is 9. The van der Waals surface area contributed by atoms with Gasteiger partial charge in [0.2, 0.25) is 0 Å². The summed E-state index contributed by atoms with van der Waals surface area (Å²) in [4.78, 5) is 4.59. The highest BCUT2D eigenvalue weighted by Crippen LogP contribution is 2.21. The van der Waals surface area contributed by atoms with Crippen molar-refractivity contribution in [2.24, 2.45) is 4.99 Å². The third-order valence-corrected chi connectivity index (χ3v) is 4.49. The Morgan fingerprint density at radius 3 is 2.38 bits per heavy atom. The van der Waals surface area contributed by atoms with E-state index in [1.165, 1.54) is 36.5 Å². The van der Waals surface area contributed by atoms with Gasteiger partial charge in [-0.2, -0.15) is 0 Å². The molecule has 134 valence electrons. The van der Waals surface area contributed by atoms with E-state index in [4.69, 9.17) is 4.74 Å². The number of hydrogen-bond acceptors (Lipinski definition) is 2. The Kier molecular flexibility index (Phi) is 6.83. The molecule has 0 radical (unpaired) electrons. The maximum Gasteiger partial charge on any atom is 0.119 e. The number of unbranched alkanes of at least 4 members (excludes halogenated alkanes) is 4. The molecule has 3 rings (SSSR count). The third kappa shape index (κ3) is 5.45. The van der Waals surface area contributed by atoms with Crippen molar-refractivity contribution in [3.8, 4) is 5.75 Å². The fourth-order valence-corrected chi connectivity index (χ4v) is 2.95. The molecule has 0 bridgehead atoms. The summed E-state index contributed by atoms with van der Waals surface area (Å²) >= 11 is 0. The first-order chi connectivity index (χ1) is 12.8. The van der Waals surface area contributed by atoms with Crippen molar-refractivity contribution < 1.29 is 4.74 Å². The molecule has 0 atom stereocenters. The lowest BCUT2D eigenvalue weighted by Crippen LogP contribution is -1.97. The predicted octanol–water partition coefficient (Wildman–Crippen LogP) is 6.94. The van der Waals surface area contributed by atoms with Crippen LogP contribution in [-0.4, -0.2) is 12.8 Å². The monoisotopic (exact) mass is 345 g/mol. The molecule has 2 heteroatoms. The average molecular weight is 345 g/mol. The first kappa shape index (κ1) is 18.2. The SMILES string of the molecule is CCCCCCCOc1ccc(C=Nc2ccc3ccccc3c2)cc1. The molecule has 2 nitrogen and oxygen atoms in total. The summed E-state index contributed by atoms with van der Waals surface area (Å²) in [6.45, 7) is 3.04. The Labute approximate surface area is 156 Å². The van der Waals surface area contributed by atoms with E-state index in [1.807, 2.05) is 18.3 Å². The summed E-state index contributed by atoms with van der Waals surface area (Å²) in [6.07, 6.45) is 8.20. The van der Waals surface area contributed by atoms with Crippen LogP contribution < -0.4 is 4.74 Å². The van der Waals surface area contributed by atoms with Gasteiger partial charge in [-0.3, -0.25) is 4.99 Å². The minimum absolute atomic E-state index is 0.800. The van der Waals surface area contributed by atoms with E-state index in [1.54, 1.807) is 0 Å². The summed E-state index contributed by atoms with van der Waals surface area (Å²) in [5, 5.41) is 2.45. The largest absolute Gasteiger partial charge is 0.494 e. The summed E-state index contributed by atoms with van der Waals surface area (Å²) in [5.74, 6) is 0.934. The van der Waals surface area contributed by atoms with E-state index >= 15 is 0 Å². The highest BCUT2D eigenvalue weighted by Gasteiger charge is 1.96. The Morgan fingerprint density at radius 2 is 1.58 bits per heavy atom. The topological polar surface area (TPSA) is 21.6 Å². The molecule has 0 fully saturated rings. The van der Waals surface area contributed by atoms with E-state index < -0.39 is 0 Å². The van der Waals surface area contributed by atoms with Crippen LogP contribution in [0.15, 0.2) is 71.7 Å². The van der Waals surface area contributed by atoms with Crippen LogP contribution in [0.2, 0.25) is 0 Å². The van der Waals surface area contributed by atoms with Gasteiger partial charge in [0.25, 0.3) is 0 Å². The molecule has 0 aliphatic rings. The van der Waals surface area contributed by atoms with Crippen LogP contribution in [0.4, 0.5) is 5.69 Å². The van der Waals surface area contributed by atoms with Gasteiger partial charge in [0.1, 0.15) is 5.75 Å². The second-order valence-corrected chi connectivity index (χ2v) is 6.62. The van der Waals surface area contributed by atoms with Crippen molar-refractivity contribution in [1.29, 1.82) is 0 Å². The summed E-state index contributed by atoms with van der Waals surface area (Å²) in [7, 11) is 0. The van der Waals surface area contributed by atoms with Crippen molar-refractivity contribution in [1.82, 2.24) is 0 Å². The fourth-order valence-electron chi connectivity index (χ4n) is 2.95. The molecule has 0 saturated heterocycles. The Morgan fingerprint density at radius 1 is 0.808 bits per heavy atom. The zero-order valence-corrected chi connectivity index (χ0v) is 15.5. The van der Waals surface area contributed by atoms with Gasteiger partial charge in [-0.25, -0.2) is 0 Å². The molecule has 0 aromatic heterocycles. The van der Waals surface area contributed by atoms with Crippen LogP contribution in [-0.2, 0) is 0 Å². The maximum absolute atomic E-state index is 5.81. The predicted molar refractivity (Wildman–Crippen MR) is 112 cm³/mol. The van der Waals surface area contributed by atoms with Crippen LogP contribution >= 0.6 is 0 Å². The van der Waals surface area contributed by atoms with Crippen molar-refractivity contribution in [2.75, 3.05) is 6.61 Å². The van der Waals surface area contributed by atoms with Crippen LogP contribution in [0.25, 0.3) is 10.8 Å². The van der Waals surface area contributed by atoms with Crippen LogP contribution in [0.3, 0.4) is 0 Å². The molecule has 26 heavy (non-hydrogen) atoms. The van der Waals surface area contributed by atoms with Gasteiger partial charge >= 0.3 is 0 Å². The van der Waals surface area contributed by atoms with Gasteiger partial charge in [-0.1, -0.05) is 62.9 Å². The van der Waals surface area contributed by atoms with E-state index in [2.05, 4.69) is 66.5 Å². The highest BCUT2D eigenvalue weighted by atomic mass is 16.5. The lowest BCUT2D eigenvalue weighted by atomic mass is 10.1. The van der Waals surface area contributed by atoms with E-state index in [0.717, 1.165) is 30.0 Å². The Bertz CT molecular complexity index is 836. The molecule has 0 spiro atoms. The van der Waals surface area contributed by atoms with Crippen LogP contribution in [0.5, 0.6) is 5.75 Å². The molecule has 0 aliphatic carbocycles. The first-order valence-corrected chi connectivity index (χ1v) is 9.61. The Hall–Kier alpha value is -2.61. The zero-order chi connectivity index (χ0) is 18.0. The van der Waals surface area contributed by atoms with Crippen molar-refractivity contribution in [2.45, 2.75) is 39.0 Å². The second kappa shape index (κ2) is 9.76. The van der Waals surface area contributed by atoms with Gasteiger partial charge in [0.05, 0.1) is 12.3 Å². The molecule has 0 unspecified atom stereocenters. The Balaban J connectivity index is 1.52. The lowest BCUT2D eigenvalue weighted by Gasteiger charge is -2.06. The molecule has 0 N–H and O–H groups in total. The molecule has 3 aromatic rings. The first-order valence-electron chi connectivity index (χ1n) is 9.61. The second-order valence-electron chi connectivity index (χ2n) is 6.62. The van der Waals surface area contributed by atoms with Crippen LogP contribution in [0, 0.1) is 0 Å². The van der Waals surface area contributed by atoms with Crippen molar-refractivity contribution in [3.05, 3.63) is 72.3 Å². The van der Waals surface area contributed by atoms with Gasteiger partial charge < -0.3 is 4.74 Å². The zero-order valence-electron chi connectivity index (χ0n) is 15.5. The number of hydrogen-bond donors (Lipinski definition) is 0. The standard InChI is InChI=1S/C24H27NO/c1-2-3-4-5-8-17-26-24-15-11-20(12-16-24)19-25-23-14-13-21-9-6-7-10-22(21)18-23/h6-7,9-16,18-19H,2-5,8,17H2,1H3. The lowest BCUT2D eigenvalue weighted by molar-refractivity contribution is 0.304. The van der Waals surface area contributed by atoms with E-state index in [9.17, 15) is 0 Å². The molecular weight excluding hydrogens is 318 g/mol. The molecule has 0 saturated carbocycles. The van der Waals surface area contributed by atoms with Crippen LogP contribution in [0.1, 0.15) is 44.6 Å². The maximum atomic E-state index is 5.81. The molecule has 0 amide bonds. The number of aliphatic imine (C=N–C) groups is 1. The average Bonchev–Trinajstić information content (AvgIpc) is 2.70. The quantitative estimate of drug-likeness (QED) is 0.304. The fraction of sp³-hybridized carbons (Fsp3) is 0.292. The van der Waals surface area contributed by atoms with Crippen molar-refractivity contribution >= 4 is 22.7 Å². The summed E-state index contributed by atoms with van der Waals surface area (Å²) < 4.78 is 5.81. The van der Waals surface area contributed by atoms with Gasteiger partial charge in [0.15, 0.2) is 0 Å². The van der Waals surface area contributed by atoms with Gasteiger partial charge in [0, 0.05) is 6.21 Å². The molecule has 0 aliphatic heterocycles. The van der Waals surface area contributed by atoms with Gasteiger partial charge in [-0.05, 0) is 59.2 Å². The number of benzene rings is 3. The van der Waals surface area contributed by atoms with Crippen molar-refractivity contribution in [3.63, 3.8) is 0 Å². The highest BCUT2D eigenvalue weighted by molar-refractivity contribution is 5.87. The number of nitrogens with zero attached hydrogens (tertiary/aromatic N) is 1. The molecular formula is C24H27NO. The third-order valence-electron chi connectivity index (χ3n) is 4.49.